The Morgan fingerprint density at radius 2 is 1.65 bits per heavy atom. The van der Waals surface area contributed by atoms with Crippen LogP contribution in [0.2, 0.25) is 0 Å². The van der Waals surface area contributed by atoms with Crippen molar-refractivity contribution in [3.8, 4) is 5.75 Å². The Labute approximate surface area is 157 Å². The molecule has 0 aliphatic carbocycles. The number of nitrogens with zero attached hydrogens (tertiary/aromatic N) is 1. The van der Waals surface area contributed by atoms with Crippen molar-refractivity contribution >= 4 is 34.8 Å². The molecule has 0 spiro atoms. The normalized spacial score (nSPS) is 14.3. The first-order valence-electron chi connectivity index (χ1n) is 8.63. The molecule has 1 aliphatic heterocycles. The number of para-hydroxylation sites is 2. The van der Waals surface area contributed by atoms with Crippen LogP contribution < -0.4 is 9.64 Å². The van der Waals surface area contributed by atoms with E-state index in [0.717, 1.165) is 11.1 Å². The SMILES string of the molecule is CCOc1ccccc1N1C(=O)C(SCC)=C(c2ccc(C)cc2)C1=O. The van der Waals surface area contributed by atoms with E-state index >= 15 is 0 Å². The molecular formula is C21H21NO3S. The van der Waals surface area contributed by atoms with Gasteiger partial charge in [0.1, 0.15) is 5.75 Å². The predicted molar refractivity (Wildman–Crippen MR) is 106 cm³/mol. The van der Waals surface area contributed by atoms with Crippen molar-refractivity contribution in [3.05, 3.63) is 64.6 Å². The fourth-order valence-corrected chi connectivity index (χ4v) is 3.75. The first-order valence-corrected chi connectivity index (χ1v) is 9.61. The third-order valence-corrected chi connectivity index (χ3v) is 5.03. The van der Waals surface area contributed by atoms with Crippen molar-refractivity contribution in [2.24, 2.45) is 0 Å². The van der Waals surface area contributed by atoms with Crippen LogP contribution in [0.4, 0.5) is 5.69 Å². The Kier molecular flexibility index (Phi) is 5.47. The number of hydrogen-bond acceptors (Lipinski definition) is 4. The average molecular weight is 367 g/mol. The highest BCUT2D eigenvalue weighted by Crippen LogP contribution is 2.41. The van der Waals surface area contributed by atoms with Gasteiger partial charge in [0.05, 0.1) is 22.8 Å². The van der Waals surface area contributed by atoms with Crippen LogP contribution in [0.25, 0.3) is 5.57 Å². The standard InChI is InChI=1S/C21H21NO3S/c1-4-25-17-9-7-6-8-16(17)22-20(23)18(19(21(22)24)26-5-2)15-12-10-14(3)11-13-15/h6-13H,4-5H2,1-3H3. The number of carbonyl (C=O) groups excluding carboxylic acids is 2. The van der Waals surface area contributed by atoms with Gasteiger partial charge in [0.2, 0.25) is 0 Å². The summed E-state index contributed by atoms with van der Waals surface area (Å²) in [6.07, 6.45) is 0. The first kappa shape index (κ1) is 18.3. The second kappa shape index (κ2) is 7.79. The summed E-state index contributed by atoms with van der Waals surface area (Å²) in [5, 5.41) is 0. The molecule has 0 saturated heterocycles. The van der Waals surface area contributed by atoms with Crippen LogP contribution in [0.1, 0.15) is 25.0 Å². The minimum absolute atomic E-state index is 0.287. The van der Waals surface area contributed by atoms with E-state index in [4.69, 9.17) is 4.74 Å². The molecule has 0 fully saturated rings. The first-order chi connectivity index (χ1) is 12.6. The van der Waals surface area contributed by atoms with Crippen LogP contribution in [0.3, 0.4) is 0 Å². The van der Waals surface area contributed by atoms with Gasteiger partial charge in [0.15, 0.2) is 0 Å². The summed E-state index contributed by atoms with van der Waals surface area (Å²) in [6.45, 7) is 6.30. The van der Waals surface area contributed by atoms with Crippen molar-refractivity contribution in [2.45, 2.75) is 20.8 Å². The number of amides is 2. The Morgan fingerprint density at radius 1 is 0.962 bits per heavy atom. The maximum Gasteiger partial charge on any atom is 0.272 e. The molecule has 0 radical (unpaired) electrons. The second-order valence-electron chi connectivity index (χ2n) is 5.85. The molecular weight excluding hydrogens is 346 g/mol. The molecule has 0 atom stereocenters. The number of imide groups is 1. The lowest BCUT2D eigenvalue weighted by atomic mass is 10.0. The van der Waals surface area contributed by atoms with Crippen LogP contribution in [-0.4, -0.2) is 24.2 Å². The summed E-state index contributed by atoms with van der Waals surface area (Å²) in [7, 11) is 0. The molecule has 2 amide bonds. The number of ether oxygens (including phenoxy) is 1. The van der Waals surface area contributed by atoms with E-state index in [1.807, 2.05) is 51.1 Å². The van der Waals surface area contributed by atoms with Crippen LogP contribution in [-0.2, 0) is 9.59 Å². The highest BCUT2D eigenvalue weighted by molar-refractivity contribution is 8.04. The fourth-order valence-electron chi connectivity index (χ4n) is 2.90. The molecule has 0 saturated carbocycles. The van der Waals surface area contributed by atoms with Gasteiger partial charge in [-0.3, -0.25) is 9.59 Å². The van der Waals surface area contributed by atoms with Crippen molar-refractivity contribution in [1.82, 2.24) is 0 Å². The van der Waals surface area contributed by atoms with Crippen molar-refractivity contribution < 1.29 is 14.3 Å². The van der Waals surface area contributed by atoms with E-state index in [1.54, 1.807) is 18.2 Å². The third-order valence-electron chi connectivity index (χ3n) is 4.08. The third kappa shape index (κ3) is 3.27. The Morgan fingerprint density at radius 3 is 2.31 bits per heavy atom. The van der Waals surface area contributed by atoms with Gasteiger partial charge in [-0.2, -0.15) is 0 Å². The number of anilines is 1. The zero-order valence-electron chi connectivity index (χ0n) is 15.1. The van der Waals surface area contributed by atoms with Gasteiger partial charge in [-0.1, -0.05) is 48.9 Å². The van der Waals surface area contributed by atoms with E-state index in [-0.39, 0.29) is 11.8 Å². The lowest BCUT2D eigenvalue weighted by molar-refractivity contribution is -0.119. The summed E-state index contributed by atoms with van der Waals surface area (Å²) in [5.74, 6) is 0.652. The summed E-state index contributed by atoms with van der Waals surface area (Å²) in [4.78, 5) is 28.0. The molecule has 1 heterocycles. The largest absolute Gasteiger partial charge is 0.492 e. The number of benzene rings is 2. The zero-order chi connectivity index (χ0) is 18.7. The van der Waals surface area contributed by atoms with Gasteiger partial charge < -0.3 is 4.74 Å². The molecule has 0 N–H and O–H groups in total. The van der Waals surface area contributed by atoms with E-state index in [0.29, 0.717) is 34.3 Å². The summed E-state index contributed by atoms with van der Waals surface area (Å²) in [5.41, 5.74) is 2.82. The molecule has 0 bridgehead atoms. The van der Waals surface area contributed by atoms with Crippen molar-refractivity contribution in [3.63, 3.8) is 0 Å². The molecule has 2 aromatic rings. The lowest BCUT2D eigenvalue weighted by Gasteiger charge is -2.18. The lowest BCUT2D eigenvalue weighted by Crippen LogP contribution is -2.31. The summed E-state index contributed by atoms with van der Waals surface area (Å²) >= 11 is 1.40. The number of hydrogen-bond donors (Lipinski definition) is 0. The maximum absolute atomic E-state index is 13.2. The van der Waals surface area contributed by atoms with E-state index in [1.165, 1.54) is 16.7 Å². The zero-order valence-corrected chi connectivity index (χ0v) is 15.9. The molecule has 0 aromatic heterocycles. The van der Waals surface area contributed by atoms with Gasteiger partial charge in [-0.05, 0) is 37.3 Å². The van der Waals surface area contributed by atoms with Gasteiger partial charge in [-0.15, -0.1) is 11.8 Å². The van der Waals surface area contributed by atoms with Gasteiger partial charge >= 0.3 is 0 Å². The van der Waals surface area contributed by atoms with E-state index in [9.17, 15) is 9.59 Å². The minimum Gasteiger partial charge on any atom is -0.492 e. The number of rotatable bonds is 6. The second-order valence-corrected chi connectivity index (χ2v) is 7.12. The highest BCUT2D eigenvalue weighted by atomic mass is 32.2. The van der Waals surface area contributed by atoms with Crippen LogP contribution in [0.5, 0.6) is 5.75 Å². The predicted octanol–water partition coefficient (Wildman–Crippen LogP) is 4.43. The van der Waals surface area contributed by atoms with E-state index in [2.05, 4.69) is 0 Å². The molecule has 2 aromatic carbocycles. The van der Waals surface area contributed by atoms with Gasteiger partial charge in [0, 0.05) is 0 Å². The van der Waals surface area contributed by atoms with Crippen molar-refractivity contribution in [2.75, 3.05) is 17.3 Å². The van der Waals surface area contributed by atoms with Crippen LogP contribution >= 0.6 is 11.8 Å². The average Bonchev–Trinajstić information content (AvgIpc) is 2.88. The highest BCUT2D eigenvalue weighted by Gasteiger charge is 2.41. The Balaban J connectivity index is 2.09. The Hall–Kier alpha value is -2.53. The molecule has 5 heteroatoms. The Bertz CT molecular complexity index is 871. The maximum atomic E-state index is 13.2. The van der Waals surface area contributed by atoms with Crippen LogP contribution in [0, 0.1) is 6.92 Å². The molecule has 134 valence electrons. The molecule has 3 rings (SSSR count). The number of aryl methyl sites for hydroxylation is 1. The topological polar surface area (TPSA) is 46.6 Å². The smallest absolute Gasteiger partial charge is 0.272 e. The molecule has 4 nitrogen and oxygen atoms in total. The minimum atomic E-state index is -0.304. The summed E-state index contributed by atoms with van der Waals surface area (Å²) in [6, 6.07) is 14.8. The fraction of sp³-hybridized carbons (Fsp3) is 0.238. The molecule has 0 unspecified atom stereocenters. The monoisotopic (exact) mass is 367 g/mol. The molecule has 1 aliphatic rings. The molecule has 26 heavy (non-hydrogen) atoms. The number of carbonyl (C=O) groups is 2. The van der Waals surface area contributed by atoms with Gasteiger partial charge in [-0.25, -0.2) is 4.90 Å². The summed E-state index contributed by atoms with van der Waals surface area (Å²) < 4.78 is 5.63. The number of thioether (sulfide) groups is 1. The van der Waals surface area contributed by atoms with Gasteiger partial charge in [0.25, 0.3) is 11.8 Å². The van der Waals surface area contributed by atoms with Crippen LogP contribution in [0.15, 0.2) is 53.4 Å². The quantitative estimate of drug-likeness (QED) is 0.709. The van der Waals surface area contributed by atoms with E-state index < -0.39 is 0 Å². The van der Waals surface area contributed by atoms with Crippen molar-refractivity contribution in [1.29, 1.82) is 0 Å².